The van der Waals surface area contributed by atoms with E-state index in [0.717, 1.165) is 33.6 Å². The number of pyridine rings is 1. The Labute approximate surface area is 146 Å². The van der Waals surface area contributed by atoms with Crippen molar-refractivity contribution in [2.24, 2.45) is 0 Å². The molecule has 0 bridgehead atoms. The molecule has 0 spiro atoms. The molecule has 0 aliphatic carbocycles. The van der Waals surface area contributed by atoms with Gasteiger partial charge in [-0.05, 0) is 41.5 Å². The molecule has 3 nitrogen and oxygen atoms in total. The Balaban J connectivity index is 2.15. The highest BCUT2D eigenvalue weighted by atomic mass is 32.1. The van der Waals surface area contributed by atoms with Gasteiger partial charge in [-0.15, -0.1) is 11.3 Å². The fraction of sp³-hybridized carbons (Fsp3) is 0.200. The molecule has 2 aromatic heterocycles. The Morgan fingerprint density at radius 1 is 1.25 bits per heavy atom. The SMILES string of the molecule is CCc1c(-c2cccc(CC(C)=O)c2)cnc(N)c1-c1cccs1. The van der Waals surface area contributed by atoms with E-state index in [1.165, 1.54) is 5.56 Å². The smallest absolute Gasteiger partial charge is 0.134 e. The van der Waals surface area contributed by atoms with E-state index in [0.29, 0.717) is 12.2 Å². The van der Waals surface area contributed by atoms with Gasteiger partial charge in [0.05, 0.1) is 0 Å². The summed E-state index contributed by atoms with van der Waals surface area (Å²) in [5, 5.41) is 2.05. The maximum atomic E-state index is 11.4. The zero-order valence-corrected chi connectivity index (χ0v) is 14.7. The maximum Gasteiger partial charge on any atom is 0.134 e. The molecule has 3 rings (SSSR count). The van der Waals surface area contributed by atoms with E-state index in [-0.39, 0.29) is 5.78 Å². The second-order valence-corrected chi connectivity index (χ2v) is 6.77. The first kappa shape index (κ1) is 16.4. The molecule has 122 valence electrons. The van der Waals surface area contributed by atoms with Crippen LogP contribution in [-0.2, 0) is 17.6 Å². The summed E-state index contributed by atoms with van der Waals surface area (Å²) in [5.74, 6) is 0.732. The number of Topliss-reactive ketones (excluding diaryl/α,β-unsaturated/α-hetero) is 1. The van der Waals surface area contributed by atoms with Gasteiger partial charge < -0.3 is 5.73 Å². The average molecular weight is 336 g/mol. The van der Waals surface area contributed by atoms with Gasteiger partial charge in [-0.3, -0.25) is 4.79 Å². The Hall–Kier alpha value is -2.46. The number of anilines is 1. The molecule has 3 aromatic rings. The summed E-state index contributed by atoms with van der Waals surface area (Å²) in [6, 6.07) is 12.2. The van der Waals surface area contributed by atoms with Crippen LogP contribution < -0.4 is 5.73 Å². The molecule has 0 aliphatic rings. The third-order valence-corrected chi connectivity index (χ3v) is 4.92. The number of ketones is 1. The van der Waals surface area contributed by atoms with Crippen LogP contribution in [0, 0.1) is 0 Å². The number of hydrogen-bond donors (Lipinski definition) is 1. The van der Waals surface area contributed by atoms with E-state index in [9.17, 15) is 4.79 Å². The van der Waals surface area contributed by atoms with Crippen molar-refractivity contribution in [3.8, 4) is 21.6 Å². The first-order valence-corrected chi connectivity index (χ1v) is 8.88. The summed E-state index contributed by atoms with van der Waals surface area (Å²) in [4.78, 5) is 17.0. The van der Waals surface area contributed by atoms with E-state index in [1.807, 2.05) is 29.8 Å². The van der Waals surface area contributed by atoms with Crippen LogP contribution in [0.4, 0.5) is 5.82 Å². The molecule has 0 fully saturated rings. The van der Waals surface area contributed by atoms with Gasteiger partial charge in [0.2, 0.25) is 0 Å². The Morgan fingerprint density at radius 2 is 2.08 bits per heavy atom. The molecule has 4 heteroatoms. The van der Waals surface area contributed by atoms with Crippen LogP contribution in [-0.4, -0.2) is 10.8 Å². The van der Waals surface area contributed by atoms with Crippen molar-refractivity contribution in [3.05, 3.63) is 59.1 Å². The van der Waals surface area contributed by atoms with Gasteiger partial charge in [-0.25, -0.2) is 4.98 Å². The standard InChI is InChI=1S/C20H20N2OS/c1-3-16-17(15-7-4-6-14(11-15)10-13(2)23)12-22-20(21)19(16)18-8-5-9-24-18/h4-9,11-12H,3,10H2,1-2H3,(H2,21,22). The molecule has 1 aromatic carbocycles. The van der Waals surface area contributed by atoms with E-state index < -0.39 is 0 Å². The van der Waals surface area contributed by atoms with Crippen molar-refractivity contribution in [2.75, 3.05) is 5.73 Å². The summed E-state index contributed by atoms with van der Waals surface area (Å²) in [6.07, 6.45) is 3.17. The normalized spacial score (nSPS) is 10.8. The maximum absolute atomic E-state index is 11.4. The number of benzene rings is 1. The van der Waals surface area contributed by atoms with Crippen molar-refractivity contribution in [3.63, 3.8) is 0 Å². The van der Waals surface area contributed by atoms with Crippen LogP contribution >= 0.6 is 11.3 Å². The first-order valence-electron chi connectivity index (χ1n) is 8.00. The monoisotopic (exact) mass is 336 g/mol. The van der Waals surface area contributed by atoms with Crippen molar-refractivity contribution in [1.82, 2.24) is 4.98 Å². The second kappa shape index (κ2) is 6.97. The number of hydrogen-bond acceptors (Lipinski definition) is 4. The molecule has 0 unspecified atom stereocenters. The first-order chi connectivity index (χ1) is 11.6. The van der Waals surface area contributed by atoms with Gasteiger partial charge in [-0.2, -0.15) is 0 Å². The zero-order chi connectivity index (χ0) is 17.1. The molecule has 0 saturated heterocycles. The number of aromatic nitrogens is 1. The number of thiophene rings is 1. The van der Waals surface area contributed by atoms with Gasteiger partial charge in [0.1, 0.15) is 11.6 Å². The van der Waals surface area contributed by atoms with Crippen molar-refractivity contribution in [1.29, 1.82) is 0 Å². The lowest BCUT2D eigenvalue weighted by atomic mass is 9.93. The summed E-state index contributed by atoms with van der Waals surface area (Å²) >= 11 is 1.67. The highest BCUT2D eigenvalue weighted by Gasteiger charge is 2.16. The minimum Gasteiger partial charge on any atom is -0.383 e. The predicted octanol–water partition coefficient (Wildman–Crippen LogP) is 4.75. The number of carbonyl (C=O) groups is 1. The zero-order valence-electron chi connectivity index (χ0n) is 13.9. The molecule has 2 heterocycles. The van der Waals surface area contributed by atoms with Crippen LogP contribution in [0.25, 0.3) is 21.6 Å². The molecule has 0 atom stereocenters. The van der Waals surface area contributed by atoms with Crippen molar-refractivity contribution in [2.45, 2.75) is 26.7 Å². The van der Waals surface area contributed by atoms with Crippen molar-refractivity contribution < 1.29 is 4.79 Å². The number of carbonyl (C=O) groups excluding carboxylic acids is 1. The second-order valence-electron chi connectivity index (χ2n) is 5.82. The predicted molar refractivity (Wildman–Crippen MR) is 101 cm³/mol. The summed E-state index contributed by atoms with van der Waals surface area (Å²) in [5.41, 5.74) is 11.6. The van der Waals surface area contributed by atoms with E-state index in [2.05, 4.69) is 30.1 Å². The fourth-order valence-electron chi connectivity index (χ4n) is 3.01. The van der Waals surface area contributed by atoms with Crippen LogP contribution in [0.3, 0.4) is 0 Å². The Kier molecular flexibility index (Phi) is 4.76. The molecule has 0 aliphatic heterocycles. The lowest BCUT2D eigenvalue weighted by molar-refractivity contribution is -0.116. The number of nitrogens with zero attached hydrogens (tertiary/aromatic N) is 1. The minimum atomic E-state index is 0.164. The number of rotatable bonds is 5. The van der Waals surface area contributed by atoms with Crippen LogP contribution in [0.1, 0.15) is 25.0 Å². The largest absolute Gasteiger partial charge is 0.383 e. The van der Waals surface area contributed by atoms with Gasteiger partial charge in [-0.1, -0.05) is 37.3 Å². The molecular formula is C20H20N2OS. The van der Waals surface area contributed by atoms with E-state index in [4.69, 9.17) is 5.73 Å². The van der Waals surface area contributed by atoms with Gasteiger partial charge in [0.25, 0.3) is 0 Å². The number of nitrogens with two attached hydrogens (primary N) is 1. The summed E-state index contributed by atoms with van der Waals surface area (Å²) in [6.45, 7) is 3.75. The average Bonchev–Trinajstić information content (AvgIpc) is 3.08. The molecular weight excluding hydrogens is 316 g/mol. The highest BCUT2D eigenvalue weighted by Crippen LogP contribution is 2.37. The van der Waals surface area contributed by atoms with Gasteiger partial charge in [0.15, 0.2) is 0 Å². The Bertz CT molecular complexity index is 869. The quantitative estimate of drug-likeness (QED) is 0.731. The van der Waals surface area contributed by atoms with Gasteiger partial charge >= 0.3 is 0 Å². The molecule has 24 heavy (non-hydrogen) atoms. The molecule has 2 N–H and O–H groups in total. The van der Waals surface area contributed by atoms with Gasteiger partial charge in [0, 0.05) is 28.6 Å². The number of nitrogen functional groups attached to an aromatic ring is 1. The fourth-order valence-corrected chi connectivity index (χ4v) is 3.82. The highest BCUT2D eigenvalue weighted by molar-refractivity contribution is 7.13. The molecule has 0 saturated carbocycles. The van der Waals surface area contributed by atoms with E-state index >= 15 is 0 Å². The topological polar surface area (TPSA) is 56.0 Å². The minimum absolute atomic E-state index is 0.164. The lowest BCUT2D eigenvalue weighted by Gasteiger charge is -2.15. The summed E-state index contributed by atoms with van der Waals surface area (Å²) in [7, 11) is 0. The third kappa shape index (κ3) is 3.24. The van der Waals surface area contributed by atoms with Crippen molar-refractivity contribution >= 4 is 22.9 Å². The Morgan fingerprint density at radius 3 is 2.75 bits per heavy atom. The summed E-state index contributed by atoms with van der Waals surface area (Å²) < 4.78 is 0. The van der Waals surface area contributed by atoms with Crippen LogP contribution in [0.15, 0.2) is 48.0 Å². The lowest BCUT2D eigenvalue weighted by Crippen LogP contribution is -2.01. The van der Waals surface area contributed by atoms with E-state index in [1.54, 1.807) is 18.3 Å². The molecule has 0 amide bonds. The molecule has 0 radical (unpaired) electrons. The third-order valence-electron chi connectivity index (χ3n) is 4.03. The van der Waals surface area contributed by atoms with Crippen LogP contribution in [0.5, 0.6) is 0 Å². The van der Waals surface area contributed by atoms with Crippen LogP contribution in [0.2, 0.25) is 0 Å².